The molecule has 0 saturated heterocycles. The smallest absolute Gasteiger partial charge is 0.162 e. The molecule has 0 amide bonds. The van der Waals surface area contributed by atoms with Gasteiger partial charge in [0.25, 0.3) is 0 Å². The van der Waals surface area contributed by atoms with E-state index < -0.39 is 17.5 Å². The van der Waals surface area contributed by atoms with Gasteiger partial charge in [-0.05, 0) is 24.6 Å². The molecule has 66 valence electrons. The second-order valence-corrected chi connectivity index (χ2v) is 2.40. The number of halogens is 3. The summed E-state index contributed by atoms with van der Waals surface area (Å²) in [7, 11) is 0. The summed E-state index contributed by atoms with van der Waals surface area (Å²) in [5, 5.41) is 0. The fraction of sp³-hybridized carbons (Fsp3) is 0.250. The molecule has 0 atom stereocenters. The van der Waals surface area contributed by atoms with Crippen molar-refractivity contribution >= 4 is 0 Å². The Kier molecular flexibility index (Phi) is 2.70. The summed E-state index contributed by atoms with van der Waals surface area (Å²) >= 11 is 0. The Hall–Kier alpha value is -1.03. The Morgan fingerprint density at radius 2 is 1.83 bits per heavy atom. The Morgan fingerprint density at radius 1 is 1.17 bits per heavy atom. The summed E-state index contributed by atoms with van der Waals surface area (Å²) in [5.41, 5.74) is 5.10. The highest BCUT2D eigenvalue weighted by Gasteiger charge is 2.09. The Morgan fingerprint density at radius 3 is 2.42 bits per heavy atom. The lowest BCUT2D eigenvalue weighted by molar-refractivity contribution is 0.485. The van der Waals surface area contributed by atoms with Crippen LogP contribution in [-0.4, -0.2) is 6.54 Å². The van der Waals surface area contributed by atoms with Crippen molar-refractivity contribution < 1.29 is 13.2 Å². The third-order valence-corrected chi connectivity index (χ3v) is 1.48. The van der Waals surface area contributed by atoms with Gasteiger partial charge in [0.2, 0.25) is 0 Å². The van der Waals surface area contributed by atoms with Crippen LogP contribution in [0.3, 0.4) is 0 Å². The van der Waals surface area contributed by atoms with Gasteiger partial charge in [-0.25, -0.2) is 13.2 Å². The Labute approximate surface area is 68.0 Å². The molecule has 0 aliphatic rings. The van der Waals surface area contributed by atoms with Crippen molar-refractivity contribution in [2.45, 2.75) is 6.42 Å². The van der Waals surface area contributed by atoms with Crippen LogP contribution in [-0.2, 0) is 6.42 Å². The second kappa shape index (κ2) is 3.58. The van der Waals surface area contributed by atoms with Gasteiger partial charge in [0.1, 0.15) is 5.82 Å². The maximum absolute atomic E-state index is 12.8. The van der Waals surface area contributed by atoms with Crippen LogP contribution in [0.15, 0.2) is 12.1 Å². The van der Waals surface area contributed by atoms with E-state index >= 15 is 0 Å². The van der Waals surface area contributed by atoms with Crippen molar-refractivity contribution in [3.8, 4) is 0 Å². The monoisotopic (exact) mass is 175 g/mol. The number of hydrogen-bond acceptors (Lipinski definition) is 1. The van der Waals surface area contributed by atoms with Crippen LogP contribution >= 0.6 is 0 Å². The van der Waals surface area contributed by atoms with Gasteiger partial charge in [-0.2, -0.15) is 0 Å². The summed E-state index contributed by atoms with van der Waals surface area (Å²) in [6.45, 7) is 0.166. The number of hydrogen-bond donors (Lipinski definition) is 1. The van der Waals surface area contributed by atoms with E-state index in [0.29, 0.717) is 6.07 Å². The Balaban J connectivity index is 3.09. The zero-order chi connectivity index (χ0) is 9.14. The van der Waals surface area contributed by atoms with E-state index in [4.69, 9.17) is 5.73 Å². The fourth-order valence-electron chi connectivity index (χ4n) is 0.947. The van der Waals surface area contributed by atoms with Crippen molar-refractivity contribution in [2.24, 2.45) is 5.73 Å². The van der Waals surface area contributed by atoms with Gasteiger partial charge in [0.05, 0.1) is 0 Å². The number of benzene rings is 1. The molecule has 0 radical (unpaired) electrons. The first-order valence-electron chi connectivity index (χ1n) is 3.48. The van der Waals surface area contributed by atoms with E-state index in [2.05, 4.69) is 0 Å². The fourth-order valence-corrected chi connectivity index (χ4v) is 0.947. The summed E-state index contributed by atoms with van der Waals surface area (Å²) in [6.07, 6.45) is 0.139. The Bertz CT molecular complexity index is 286. The van der Waals surface area contributed by atoms with E-state index in [-0.39, 0.29) is 18.5 Å². The lowest BCUT2D eigenvalue weighted by Crippen LogP contribution is -2.06. The molecular weight excluding hydrogens is 167 g/mol. The molecule has 0 saturated carbocycles. The van der Waals surface area contributed by atoms with Crippen LogP contribution in [0.4, 0.5) is 13.2 Å². The van der Waals surface area contributed by atoms with Crippen molar-refractivity contribution in [1.29, 1.82) is 0 Å². The van der Waals surface area contributed by atoms with Gasteiger partial charge in [-0.15, -0.1) is 0 Å². The van der Waals surface area contributed by atoms with Gasteiger partial charge in [0.15, 0.2) is 11.6 Å². The lowest BCUT2D eigenvalue weighted by atomic mass is 10.1. The molecule has 4 heteroatoms. The largest absolute Gasteiger partial charge is 0.330 e. The average molecular weight is 175 g/mol. The molecule has 0 heterocycles. The van der Waals surface area contributed by atoms with Crippen molar-refractivity contribution in [2.75, 3.05) is 6.54 Å². The molecule has 0 aliphatic heterocycles. The highest BCUT2D eigenvalue weighted by Crippen LogP contribution is 2.14. The number of rotatable bonds is 2. The molecule has 0 unspecified atom stereocenters. The second-order valence-electron chi connectivity index (χ2n) is 2.40. The molecule has 1 aromatic rings. The average Bonchev–Trinajstić information content (AvgIpc) is 2.00. The van der Waals surface area contributed by atoms with Crippen LogP contribution in [0, 0.1) is 17.5 Å². The maximum atomic E-state index is 12.8. The van der Waals surface area contributed by atoms with Gasteiger partial charge < -0.3 is 5.73 Å². The molecule has 0 fully saturated rings. The molecule has 1 rings (SSSR count). The van der Waals surface area contributed by atoms with Crippen LogP contribution in [0.5, 0.6) is 0 Å². The predicted molar refractivity (Wildman–Crippen MR) is 39.1 cm³/mol. The minimum Gasteiger partial charge on any atom is -0.330 e. The third kappa shape index (κ3) is 1.76. The van der Waals surface area contributed by atoms with E-state index in [0.717, 1.165) is 6.07 Å². The van der Waals surface area contributed by atoms with Crippen LogP contribution in [0.1, 0.15) is 5.56 Å². The summed E-state index contributed by atoms with van der Waals surface area (Å²) in [5.74, 6) is -2.96. The molecule has 12 heavy (non-hydrogen) atoms. The molecular formula is C8H8F3N. The first-order chi connectivity index (χ1) is 5.65. The van der Waals surface area contributed by atoms with Gasteiger partial charge >= 0.3 is 0 Å². The normalized spacial score (nSPS) is 10.3. The zero-order valence-corrected chi connectivity index (χ0v) is 6.28. The van der Waals surface area contributed by atoms with E-state index in [9.17, 15) is 13.2 Å². The zero-order valence-electron chi connectivity index (χ0n) is 6.28. The minimum atomic E-state index is -1.17. The first kappa shape index (κ1) is 9.06. The highest BCUT2D eigenvalue weighted by molar-refractivity contribution is 5.20. The molecule has 2 N–H and O–H groups in total. The van der Waals surface area contributed by atoms with Crippen LogP contribution < -0.4 is 5.73 Å². The van der Waals surface area contributed by atoms with E-state index in [1.54, 1.807) is 0 Å². The maximum Gasteiger partial charge on any atom is 0.162 e. The van der Waals surface area contributed by atoms with E-state index in [1.165, 1.54) is 0 Å². The quantitative estimate of drug-likeness (QED) is 0.679. The molecule has 1 aromatic carbocycles. The summed E-state index contributed by atoms with van der Waals surface area (Å²) in [4.78, 5) is 0. The van der Waals surface area contributed by atoms with Crippen molar-refractivity contribution in [3.05, 3.63) is 35.1 Å². The minimum absolute atomic E-state index is 0.0185. The third-order valence-electron chi connectivity index (χ3n) is 1.48. The molecule has 0 aromatic heterocycles. The molecule has 1 nitrogen and oxygen atoms in total. The van der Waals surface area contributed by atoms with Crippen LogP contribution in [0.2, 0.25) is 0 Å². The SMILES string of the molecule is NCCc1cc(F)cc(F)c1F. The summed E-state index contributed by atoms with van der Waals surface area (Å²) < 4.78 is 37.8. The van der Waals surface area contributed by atoms with Crippen LogP contribution in [0.25, 0.3) is 0 Å². The first-order valence-corrected chi connectivity index (χ1v) is 3.48. The van der Waals surface area contributed by atoms with Gasteiger partial charge in [0, 0.05) is 6.07 Å². The van der Waals surface area contributed by atoms with Crippen molar-refractivity contribution in [1.82, 2.24) is 0 Å². The highest BCUT2D eigenvalue weighted by atomic mass is 19.2. The molecule has 0 bridgehead atoms. The molecule has 0 aliphatic carbocycles. The van der Waals surface area contributed by atoms with Crippen molar-refractivity contribution in [3.63, 3.8) is 0 Å². The molecule has 0 spiro atoms. The topological polar surface area (TPSA) is 26.0 Å². The predicted octanol–water partition coefficient (Wildman–Crippen LogP) is 1.61. The van der Waals surface area contributed by atoms with Gasteiger partial charge in [-0.3, -0.25) is 0 Å². The lowest BCUT2D eigenvalue weighted by Gasteiger charge is -2.01. The van der Waals surface area contributed by atoms with Gasteiger partial charge in [-0.1, -0.05) is 0 Å². The van der Waals surface area contributed by atoms with E-state index in [1.807, 2.05) is 0 Å². The standard InChI is InChI=1S/C8H8F3N/c9-6-3-5(1-2-12)8(11)7(10)4-6/h3-4H,1-2,12H2. The number of nitrogens with two attached hydrogens (primary N) is 1. The summed E-state index contributed by atoms with van der Waals surface area (Å²) in [6, 6.07) is 1.46.